The molecule has 0 aliphatic heterocycles. The van der Waals surface area contributed by atoms with Crippen molar-refractivity contribution in [3.05, 3.63) is 81.7 Å². The fourth-order valence-corrected chi connectivity index (χ4v) is 2.57. The van der Waals surface area contributed by atoms with Crippen LogP contribution in [-0.4, -0.2) is 22.5 Å². The first-order chi connectivity index (χ1) is 13.7. The molecule has 3 rings (SSSR count). The summed E-state index contributed by atoms with van der Waals surface area (Å²) in [4.78, 5) is 18.9. The van der Waals surface area contributed by atoms with Crippen LogP contribution in [-0.2, 0) is 6.42 Å². The van der Waals surface area contributed by atoms with Gasteiger partial charge in [0.05, 0.1) is 5.56 Å². The number of halogens is 4. The molecule has 6 nitrogen and oxygen atoms in total. The smallest absolute Gasteiger partial charge is 0.405 e. The topological polar surface area (TPSA) is 90.9 Å². The lowest BCUT2D eigenvalue weighted by molar-refractivity contribution is -0.274. The zero-order valence-electron chi connectivity index (χ0n) is 14.7. The SMILES string of the molecule is N=Cc1c(Nc2ccc(F)cc2)nc(Cc2ccccc2OC(F)(F)F)[nH]c1=O. The number of nitrogens with one attached hydrogen (secondary N) is 3. The fraction of sp³-hybridized carbons (Fsp3) is 0.105. The molecule has 10 heteroatoms. The Morgan fingerprint density at radius 2 is 1.83 bits per heavy atom. The number of anilines is 2. The molecule has 29 heavy (non-hydrogen) atoms. The van der Waals surface area contributed by atoms with Crippen molar-refractivity contribution in [2.45, 2.75) is 12.8 Å². The number of H-pyrrole nitrogens is 1. The Balaban J connectivity index is 1.95. The summed E-state index contributed by atoms with van der Waals surface area (Å²) in [5.41, 5.74) is -0.163. The molecule has 3 N–H and O–H groups in total. The van der Waals surface area contributed by atoms with Gasteiger partial charge in [-0.1, -0.05) is 18.2 Å². The van der Waals surface area contributed by atoms with Gasteiger partial charge in [0.25, 0.3) is 5.56 Å². The Kier molecular flexibility index (Phi) is 5.62. The lowest BCUT2D eigenvalue weighted by Gasteiger charge is -2.14. The van der Waals surface area contributed by atoms with Crippen LogP contribution >= 0.6 is 0 Å². The predicted molar refractivity (Wildman–Crippen MR) is 98.4 cm³/mol. The summed E-state index contributed by atoms with van der Waals surface area (Å²) < 4.78 is 54.9. The van der Waals surface area contributed by atoms with Gasteiger partial charge in [0.15, 0.2) is 0 Å². The van der Waals surface area contributed by atoms with Crippen LogP contribution in [0.3, 0.4) is 0 Å². The zero-order chi connectivity index (χ0) is 21.0. The Hall–Kier alpha value is -3.69. The van der Waals surface area contributed by atoms with E-state index in [1.165, 1.54) is 42.5 Å². The second kappa shape index (κ2) is 8.13. The van der Waals surface area contributed by atoms with Crippen LogP contribution in [0.5, 0.6) is 5.75 Å². The fourth-order valence-electron chi connectivity index (χ4n) is 2.57. The number of rotatable bonds is 6. The first-order valence-corrected chi connectivity index (χ1v) is 8.25. The monoisotopic (exact) mass is 406 g/mol. The van der Waals surface area contributed by atoms with E-state index in [2.05, 4.69) is 20.0 Å². The van der Waals surface area contributed by atoms with Gasteiger partial charge in [-0.2, -0.15) is 0 Å². The van der Waals surface area contributed by atoms with E-state index >= 15 is 0 Å². The van der Waals surface area contributed by atoms with E-state index in [0.717, 1.165) is 12.3 Å². The number of hydrogen-bond donors (Lipinski definition) is 3. The van der Waals surface area contributed by atoms with E-state index < -0.39 is 23.5 Å². The van der Waals surface area contributed by atoms with Gasteiger partial charge in [0.1, 0.15) is 23.2 Å². The summed E-state index contributed by atoms with van der Waals surface area (Å²) in [6, 6.07) is 10.7. The molecule has 150 valence electrons. The van der Waals surface area contributed by atoms with Gasteiger partial charge in [-0.05, 0) is 30.3 Å². The Morgan fingerprint density at radius 1 is 1.14 bits per heavy atom. The van der Waals surface area contributed by atoms with Crippen molar-refractivity contribution in [2.75, 3.05) is 5.32 Å². The second-order valence-electron chi connectivity index (χ2n) is 5.88. The van der Waals surface area contributed by atoms with Gasteiger partial charge in [0.2, 0.25) is 0 Å². The number of benzene rings is 2. The minimum Gasteiger partial charge on any atom is -0.405 e. The van der Waals surface area contributed by atoms with Crippen molar-refractivity contribution in [3.63, 3.8) is 0 Å². The number of nitrogens with zero attached hydrogens (tertiary/aromatic N) is 1. The van der Waals surface area contributed by atoms with Crippen LogP contribution in [0.15, 0.2) is 53.3 Å². The molecule has 1 heterocycles. The zero-order valence-corrected chi connectivity index (χ0v) is 14.7. The third kappa shape index (κ3) is 5.18. The summed E-state index contributed by atoms with van der Waals surface area (Å²) in [5.74, 6) is -0.793. The maximum atomic E-state index is 13.1. The molecule has 0 aliphatic rings. The highest BCUT2D eigenvalue weighted by molar-refractivity contribution is 5.85. The van der Waals surface area contributed by atoms with E-state index in [1.807, 2.05) is 0 Å². The van der Waals surface area contributed by atoms with Crippen LogP contribution in [0, 0.1) is 11.2 Å². The van der Waals surface area contributed by atoms with Crippen LogP contribution in [0.25, 0.3) is 0 Å². The van der Waals surface area contributed by atoms with Gasteiger partial charge in [0, 0.05) is 23.9 Å². The molecular formula is C19H14F4N4O2. The first-order valence-electron chi connectivity index (χ1n) is 8.25. The average molecular weight is 406 g/mol. The highest BCUT2D eigenvalue weighted by Crippen LogP contribution is 2.27. The van der Waals surface area contributed by atoms with Gasteiger partial charge >= 0.3 is 6.36 Å². The maximum Gasteiger partial charge on any atom is 0.573 e. The maximum absolute atomic E-state index is 13.1. The molecule has 0 fully saturated rings. The summed E-state index contributed by atoms with van der Waals surface area (Å²) in [5, 5.41) is 10.2. The summed E-state index contributed by atoms with van der Waals surface area (Å²) >= 11 is 0. The molecule has 0 spiro atoms. The molecule has 0 atom stereocenters. The molecule has 3 aromatic rings. The van der Waals surface area contributed by atoms with Crippen molar-refractivity contribution in [1.29, 1.82) is 5.41 Å². The van der Waals surface area contributed by atoms with E-state index in [9.17, 15) is 22.4 Å². The van der Waals surface area contributed by atoms with Crippen LogP contribution < -0.4 is 15.6 Å². The van der Waals surface area contributed by atoms with E-state index in [-0.39, 0.29) is 29.2 Å². The molecule has 1 aromatic heterocycles. The van der Waals surface area contributed by atoms with Gasteiger partial charge in [-0.25, -0.2) is 9.37 Å². The molecule has 0 saturated heterocycles. The van der Waals surface area contributed by atoms with Crippen molar-refractivity contribution in [1.82, 2.24) is 9.97 Å². The van der Waals surface area contributed by atoms with Crippen molar-refractivity contribution >= 4 is 17.7 Å². The molecule has 2 aromatic carbocycles. The van der Waals surface area contributed by atoms with Gasteiger partial charge in [-0.15, -0.1) is 13.2 Å². The standard InChI is InChI=1S/C19H14F4N4O2/c20-12-5-7-13(8-6-12)25-17-14(10-24)18(28)27-16(26-17)9-11-3-1-2-4-15(11)29-19(21,22)23/h1-8,10,24H,9H2,(H2,25,26,27,28). The number of para-hydroxylation sites is 1. The molecule has 0 aliphatic carbocycles. The summed E-state index contributed by atoms with van der Waals surface area (Å²) in [6.45, 7) is 0. The lowest BCUT2D eigenvalue weighted by Crippen LogP contribution is -2.20. The van der Waals surface area contributed by atoms with Crippen LogP contribution in [0.1, 0.15) is 17.0 Å². The summed E-state index contributed by atoms with van der Waals surface area (Å²) in [6.07, 6.45) is -4.23. The van der Waals surface area contributed by atoms with Crippen molar-refractivity contribution in [2.24, 2.45) is 0 Å². The number of hydrogen-bond acceptors (Lipinski definition) is 5. The lowest BCUT2D eigenvalue weighted by atomic mass is 10.1. The predicted octanol–water partition coefficient (Wildman–Crippen LogP) is 4.14. The number of alkyl halides is 3. The quantitative estimate of drug-likeness (QED) is 0.424. The second-order valence-corrected chi connectivity index (χ2v) is 5.88. The number of aromatic nitrogens is 2. The Bertz CT molecular complexity index is 1080. The number of ether oxygens (including phenoxy) is 1. The Labute approximate surface area is 161 Å². The van der Waals surface area contributed by atoms with Crippen molar-refractivity contribution in [3.8, 4) is 5.75 Å². The molecule has 0 bridgehead atoms. The van der Waals surface area contributed by atoms with E-state index in [0.29, 0.717) is 5.69 Å². The van der Waals surface area contributed by atoms with Gasteiger partial charge < -0.3 is 20.4 Å². The van der Waals surface area contributed by atoms with Crippen molar-refractivity contribution < 1.29 is 22.3 Å². The van der Waals surface area contributed by atoms with Gasteiger partial charge in [-0.3, -0.25) is 4.79 Å². The molecule has 0 saturated carbocycles. The van der Waals surface area contributed by atoms with Crippen LogP contribution in [0.4, 0.5) is 29.1 Å². The minimum atomic E-state index is -4.86. The highest BCUT2D eigenvalue weighted by Gasteiger charge is 2.32. The average Bonchev–Trinajstić information content (AvgIpc) is 2.64. The molecular weight excluding hydrogens is 392 g/mol. The normalized spacial score (nSPS) is 11.2. The third-order valence-corrected chi connectivity index (χ3v) is 3.81. The Morgan fingerprint density at radius 3 is 2.48 bits per heavy atom. The largest absolute Gasteiger partial charge is 0.573 e. The third-order valence-electron chi connectivity index (χ3n) is 3.81. The van der Waals surface area contributed by atoms with E-state index in [1.54, 1.807) is 0 Å². The molecule has 0 radical (unpaired) electrons. The highest BCUT2D eigenvalue weighted by atomic mass is 19.4. The van der Waals surface area contributed by atoms with Crippen LogP contribution in [0.2, 0.25) is 0 Å². The van der Waals surface area contributed by atoms with E-state index in [4.69, 9.17) is 5.41 Å². The number of aromatic amines is 1. The summed E-state index contributed by atoms with van der Waals surface area (Å²) in [7, 11) is 0. The minimum absolute atomic E-state index is 0.0135. The molecule has 0 unspecified atom stereocenters. The first kappa shape index (κ1) is 20.1. The molecule has 0 amide bonds.